The third-order valence-electron chi connectivity index (χ3n) is 1.46. The molecule has 0 amide bonds. The van der Waals surface area contributed by atoms with Gasteiger partial charge in [-0.25, -0.2) is 4.79 Å². The fourth-order valence-electron chi connectivity index (χ4n) is 0.809. The Morgan fingerprint density at radius 1 is 1.47 bits per heavy atom. The van der Waals surface area contributed by atoms with Gasteiger partial charge in [0, 0.05) is 0 Å². The second-order valence-corrected chi connectivity index (χ2v) is 2.29. The molecule has 9 heteroatoms. The average Bonchev–Trinajstić information content (AvgIpc) is 2.32. The average molecular weight is 250 g/mol. The molecule has 15 heavy (non-hydrogen) atoms. The van der Waals surface area contributed by atoms with Gasteiger partial charge in [-0.15, -0.1) is 0 Å². The molecule has 0 saturated carbocycles. The molecule has 1 aliphatic rings. The molecule has 0 fully saturated rings. The first kappa shape index (κ1) is 20.7. The number of hydrogen-bond acceptors (Lipinski definition) is 6. The molecule has 1 rings (SSSR count). The molecule has 0 aliphatic carbocycles. The number of carbonyl (C=O) groups excluding carboxylic acids is 1. The van der Waals surface area contributed by atoms with Crippen LogP contribution in [0.3, 0.4) is 0 Å². The Balaban J connectivity index is -0.000000480. The summed E-state index contributed by atoms with van der Waals surface area (Å²) in [7, 11) is 0. The monoisotopic (exact) mass is 250 g/mol. The predicted octanol–water partition coefficient (Wildman–Crippen LogP) is -7.25. The van der Waals surface area contributed by atoms with E-state index >= 15 is 0 Å². The van der Waals surface area contributed by atoms with Crippen LogP contribution >= 0.6 is 0 Å². The summed E-state index contributed by atoms with van der Waals surface area (Å²) in [6.07, 6.45) is -2.95. The van der Waals surface area contributed by atoms with Crippen LogP contribution in [-0.2, 0) is 9.53 Å². The largest absolute Gasteiger partial charge is 1.00 e. The van der Waals surface area contributed by atoms with E-state index in [1.807, 2.05) is 0 Å². The van der Waals surface area contributed by atoms with E-state index in [0.717, 1.165) is 0 Å². The number of aliphatic hydroxyl groups excluding tert-OH is 3. The van der Waals surface area contributed by atoms with Crippen molar-refractivity contribution < 1.29 is 92.3 Å². The number of aliphatic hydroxyl groups is 3. The SMILES string of the molecule is O.O.O=C1O[C@H]([C@@H](O)CO)C([O-])=C1O.[K+]. The van der Waals surface area contributed by atoms with E-state index in [1.54, 1.807) is 0 Å². The summed E-state index contributed by atoms with van der Waals surface area (Å²) in [5.41, 5.74) is 0. The van der Waals surface area contributed by atoms with E-state index in [0.29, 0.717) is 0 Å². The number of carbonyl (C=O) groups is 1. The van der Waals surface area contributed by atoms with Gasteiger partial charge >= 0.3 is 57.4 Å². The molecule has 0 spiro atoms. The first-order valence-electron chi connectivity index (χ1n) is 3.18. The van der Waals surface area contributed by atoms with E-state index < -0.39 is 36.3 Å². The molecule has 0 bridgehead atoms. The molecule has 0 radical (unpaired) electrons. The van der Waals surface area contributed by atoms with Crippen molar-refractivity contribution in [2.45, 2.75) is 12.2 Å². The van der Waals surface area contributed by atoms with Crippen molar-refractivity contribution in [3.05, 3.63) is 11.5 Å². The first-order valence-corrected chi connectivity index (χ1v) is 3.18. The summed E-state index contributed by atoms with van der Waals surface area (Å²) in [6.45, 7) is -0.711. The number of cyclic esters (lactones) is 1. The summed E-state index contributed by atoms with van der Waals surface area (Å²) in [5.74, 6) is -3.20. The van der Waals surface area contributed by atoms with E-state index in [-0.39, 0.29) is 62.3 Å². The number of esters is 1. The van der Waals surface area contributed by atoms with Gasteiger partial charge in [0.1, 0.15) is 12.2 Å². The summed E-state index contributed by atoms with van der Waals surface area (Å²) in [5, 5.41) is 36.8. The molecule has 84 valence electrons. The van der Waals surface area contributed by atoms with Crippen molar-refractivity contribution in [3.8, 4) is 0 Å². The van der Waals surface area contributed by atoms with Gasteiger partial charge in [-0.05, 0) is 5.76 Å². The fourth-order valence-corrected chi connectivity index (χ4v) is 0.809. The van der Waals surface area contributed by atoms with Crippen LogP contribution in [0.1, 0.15) is 0 Å². The van der Waals surface area contributed by atoms with E-state index in [1.165, 1.54) is 0 Å². The Labute approximate surface area is 127 Å². The van der Waals surface area contributed by atoms with Crippen molar-refractivity contribution in [2.24, 2.45) is 0 Å². The molecule has 1 heterocycles. The fraction of sp³-hybridized carbons (Fsp3) is 0.500. The van der Waals surface area contributed by atoms with Gasteiger partial charge in [-0.2, -0.15) is 0 Å². The van der Waals surface area contributed by atoms with Crippen LogP contribution < -0.4 is 56.5 Å². The number of rotatable bonds is 2. The van der Waals surface area contributed by atoms with Crippen molar-refractivity contribution in [1.82, 2.24) is 0 Å². The Morgan fingerprint density at radius 2 is 1.93 bits per heavy atom. The Morgan fingerprint density at radius 3 is 2.20 bits per heavy atom. The van der Waals surface area contributed by atoms with Crippen LogP contribution in [0.2, 0.25) is 0 Å². The number of hydrogen-bond donors (Lipinski definition) is 3. The van der Waals surface area contributed by atoms with E-state index in [9.17, 15) is 9.90 Å². The standard InChI is InChI=1S/C6H8O6.K.2H2O/c7-1-2(8)5-3(9)4(10)6(11)12-5;;;/h2,5,7-10H,1H2;;2*1H2/q;+1;;/p-1/t2-,5+;;;/m0.../s1. The third-order valence-corrected chi connectivity index (χ3v) is 1.46. The summed E-state index contributed by atoms with van der Waals surface area (Å²) in [6, 6.07) is 0. The third kappa shape index (κ3) is 4.34. The zero-order valence-corrected chi connectivity index (χ0v) is 11.1. The van der Waals surface area contributed by atoms with Gasteiger partial charge in [0.25, 0.3) is 0 Å². The van der Waals surface area contributed by atoms with Gasteiger partial charge in [-0.1, -0.05) is 0 Å². The maximum Gasteiger partial charge on any atom is 1.00 e. The smallest absolute Gasteiger partial charge is 0.870 e. The molecular formula is C6H11KO8. The Kier molecular flexibility index (Phi) is 11.6. The summed E-state index contributed by atoms with van der Waals surface area (Å²) in [4.78, 5) is 10.5. The quantitative estimate of drug-likeness (QED) is 0.324. The second-order valence-electron chi connectivity index (χ2n) is 2.29. The van der Waals surface area contributed by atoms with Crippen LogP contribution in [0.4, 0.5) is 0 Å². The minimum Gasteiger partial charge on any atom is -0.870 e. The van der Waals surface area contributed by atoms with Gasteiger partial charge in [-0.3, -0.25) is 0 Å². The van der Waals surface area contributed by atoms with Crippen LogP contribution in [0.5, 0.6) is 0 Å². The molecule has 8 nitrogen and oxygen atoms in total. The van der Waals surface area contributed by atoms with Crippen LogP contribution in [-0.4, -0.2) is 51.1 Å². The molecule has 2 atom stereocenters. The normalized spacial score (nSPS) is 20.7. The van der Waals surface area contributed by atoms with Gasteiger partial charge in [0.05, 0.1) is 6.61 Å². The van der Waals surface area contributed by atoms with Crippen LogP contribution in [0.25, 0.3) is 0 Å². The molecule has 0 aromatic rings. The van der Waals surface area contributed by atoms with Gasteiger partial charge < -0.3 is 36.1 Å². The maximum absolute atomic E-state index is 10.8. The van der Waals surface area contributed by atoms with E-state index in [4.69, 9.17) is 15.3 Å². The molecule has 1 aliphatic heterocycles. The Hall–Kier alpha value is 0.286. The summed E-state index contributed by atoms with van der Waals surface area (Å²) >= 11 is 0. The summed E-state index contributed by atoms with van der Waals surface area (Å²) < 4.78 is 4.25. The van der Waals surface area contributed by atoms with Crippen LogP contribution in [0.15, 0.2) is 11.5 Å². The molecule has 0 saturated heterocycles. The second kappa shape index (κ2) is 8.44. The van der Waals surface area contributed by atoms with Gasteiger partial charge in [0.2, 0.25) is 0 Å². The minimum atomic E-state index is -1.48. The number of ether oxygens (including phenoxy) is 1. The first-order chi connectivity index (χ1) is 5.57. The topological polar surface area (TPSA) is 173 Å². The molecule has 0 aromatic heterocycles. The molecule has 0 unspecified atom stereocenters. The maximum atomic E-state index is 10.8. The molecular weight excluding hydrogens is 239 g/mol. The van der Waals surface area contributed by atoms with Crippen molar-refractivity contribution in [1.29, 1.82) is 0 Å². The van der Waals surface area contributed by atoms with E-state index in [2.05, 4.69) is 4.74 Å². The predicted molar refractivity (Wildman–Crippen MR) is 39.9 cm³/mol. The molecule has 0 aromatic carbocycles. The molecule has 7 N–H and O–H groups in total. The van der Waals surface area contributed by atoms with Crippen molar-refractivity contribution >= 4 is 5.97 Å². The zero-order chi connectivity index (χ0) is 9.30. The van der Waals surface area contributed by atoms with Crippen molar-refractivity contribution in [3.63, 3.8) is 0 Å². The Bertz CT molecular complexity index is 239. The zero-order valence-electron chi connectivity index (χ0n) is 7.93. The minimum absolute atomic E-state index is 0. The van der Waals surface area contributed by atoms with Gasteiger partial charge in [0.15, 0.2) is 5.76 Å². The van der Waals surface area contributed by atoms with Crippen LogP contribution in [0, 0.1) is 0 Å². The van der Waals surface area contributed by atoms with Crippen molar-refractivity contribution in [2.75, 3.05) is 6.61 Å².